The topological polar surface area (TPSA) is 38.3 Å². The van der Waals surface area contributed by atoms with Crippen LogP contribution in [-0.2, 0) is 4.74 Å². The van der Waals surface area contributed by atoms with E-state index < -0.39 is 0 Å². The third-order valence-electron chi connectivity index (χ3n) is 2.57. The highest BCUT2D eigenvalue weighted by Gasteiger charge is 2.21. The molecule has 1 amide bonds. The van der Waals surface area contributed by atoms with Gasteiger partial charge in [0.2, 0.25) is 0 Å². The Bertz CT molecular complexity index is 323. The van der Waals surface area contributed by atoms with Gasteiger partial charge < -0.3 is 10.1 Å². The van der Waals surface area contributed by atoms with Gasteiger partial charge in [0.1, 0.15) is 0 Å². The fourth-order valence-electron chi connectivity index (χ4n) is 1.79. The highest BCUT2D eigenvalue weighted by Crippen LogP contribution is 2.15. The largest absolute Gasteiger partial charge is 0.378 e. The number of amides is 1. The van der Waals surface area contributed by atoms with Gasteiger partial charge in [-0.1, -0.05) is 6.07 Å². The molecule has 0 aromatic carbocycles. The van der Waals surface area contributed by atoms with Gasteiger partial charge >= 0.3 is 0 Å². The van der Waals surface area contributed by atoms with Crippen LogP contribution < -0.4 is 5.32 Å². The quantitative estimate of drug-likeness (QED) is 0.836. The standard InChI is InChI=1S/C11H15NO2S/c1-8-7-9(4-5-14-8)12-11(13)10-3-2-6-15-10/h2-3,6,8-9H,4-5,7H2,1H3,(H,12,13). The molecule has 1 N–H and O–H groups in total. The van der Waals surface area contributed by atoms with Crippen molar-refractivity contribution in [1.29, 1.82) is 0 Å². The van der Waals surface area contributed by atoms with E-state index in [0.29, 0.717) is 0 Å². The average Bonchev–Trinajstić information content (AvgIpc) is 2.70. The third kappa shape index (κ3) is 2.79. The van der Waals surface area contributed by atoms with Crippen LogP contribution >= 0.6 is 11.3 Å². The minimum Gasteiger partial charge on any atom is -0.378 e. The van der Waals surface area contributed by atoms with Crippen LogP contribution in [0.2, 0.25) is 0 Å². The van der Waals surface area contributed by atoms with Crippen molar-refractivity contribution in [2.45, 2.75) is 31.9 Å². The molecule has 2 unspecified atom stereocenters. The zero-order valence-corrected chi connectivity index (χ0v) is 9.55. The molecule has 1 aliphatic rings. The molecule has 1 saturated heterocycles. The molecule has 0 saturated carbocycles. The van der Waals surface area contributed by atoms with E-state index in [1.54, 1.807) is 0 Å². The molecule has 0 bridgehead atoms. The minimum atomic E-state index is 0.0455. The van der Waals surface area contributed by atoms with Crippen molar-refractivity contribution in [1.82, 2.24) is 5.32 Å². The normalized spacial score (nSPS) is 26.2. The number of thiophene rings is 1. The van der Waals surface area contributed by atoms with E-state index in [2.05, 4.69) is 5.32 Å². The molecule has 1 aliphatic heterocycles. The summed E-state index contributed by atoms with van der Waals surface area (Å²) >= 11 is 1.48. The van der Waals surface area contributed by atoms with Gasteiger partial charge in [-0.3, -0.25) is 4.79 Å². The Morgan fingerprint density at radius 1 is 1.67 bits per heavy atom. The molecular formula is C11H15NO2S. The van der Waals surface area contributed by atoms with Gasteiger partial charge in [-0.15, -0.1) is 11.3 Å². The predicted octanol–water partition coefficient (Wildman–Crippen LogP) is 2.05. The van der Waals surface area contributed by atoms with Gasteiger partial charge in [-0.2, -0.15) is 0 Å². The highest BCUT2D eigenvalue weighted by atomic mass is 32.1. The number of hydrogen-bond donors (Lipinski definition) is 1. The van der Waals surface area contributed by atoms with Gasteiger partial charge in [-0.25, -0.2) is 0 Å². The maximum Gasteiger partial charge on any atom is 0.261 e. The molecule has 2 rings (SSSR count). The Kier molecular flexibility index (Phi) is 3.38. The Labute approximate surface area is 93.4 Å². The lowest BCUT2D eigenvalue weighted by Gasteiger charge is -2.27. The van der Waals surface area contributed by atoms with E-state index in [1.807, 2.05) is 24.4 Å². The SMILES string of the molecule is CC1CC(NC(=O)c2cccs2)CCO1. The first-order valence-corrected chi connectivity index (χ1v) is 6.09. The maximum atomic E-state index is 11.7. The lowest BCUT2D eigenvalue weighted by Crippen LogP contribution is -2.41. The van der Waals surface area contributed by atoms with Crippen LogP contribution in [0.15, 0.2) is 17.5 Å². The lowest BCUT2D eigenvalue weighted by atomic mass is 10.0. The summed E-state index contributed by atoms with van der Waals surface area (Å²) in [4.78, 5) is 12.5. The van der Waals surface area contributed by atoms with Crippen LogP contribution in [0.4, 0.5) is 0 Å². The van der Waals surface area contributed by atoms with E-state index in [9.17, 15) is 4.79 Å². The Morgan fingerprint density at radius 2 is 2.53 bits per heavy atom. The fourth-order valence-corrected chi connectivity index (χ4v) is 2.42. The second kappa shape index (κ2) is 4.77. The number of nitrogens with one attached hydrogen (secondary N) is 1. The summed E-state index contributed by atoms with van der Waals surface area (Å²) in [6, 6.07) is 4.01. The molecule has 1 aromatic heterocycles. The van der Waals surface area contributed by atoms with Crippen molar-refractivity contribution in [3.05, 3.63) is 22.4 Å². The van der Waals surface area contributed by atoms with E-state index in [4.69, 9.17) is 4.74 Å². The van der Waals surface area contributed by atoms with Crippen LogP contribution in [-0.4, -0.2) is 24.7 Å². The van der Waals surface area contributed by atoms with Crippen LogP contribution in [0, 0.1) is 0 Å². The smallest absolute Gasteiger partial charge is 0.261 e. The molecule has 0 aliphatic carbocycles. The summed E-state index contributed by atoms with van der Waals surface area (Å²) in [6.07, 6.45) is 2.09. The second-order valence-corrected chi connectivity index (χ2v) is 4.80. The Morgan fingerprint density at radius 3 is 3.20 bits per heavy atom. The first-order valence-electron chi connectivity index (χ1n) is 5.21. The second-order valence-electron chi connectivity index (χ2n) is 3.85. The molecule has 2 heterocycles. The fraction of sp³-hybridized carbons (Fsp3) is 0.545. The van der Waals surface area contributed by atoms with E-state index >= 15 is 0 Å². The van der Waals surface area contributed by atoms with Crippen molar-refractivity contribution in [2.75, 3.05) is 6.61 Å². The van der Waals surface area contributed by atoms with Crippen LogP contribution in [0.1, 0.15) is 29.4 Å². The van der Waals surface area contributed by atoms with Crippen molar-refractivity contribution in [2.24, 2.45) is 0 Å². The van der Waals surface area contributed by atoms with E-state index in [1.165, 1.54) is 11.3 Å². The number of carbonyl (C=O) groups excluding carboxylic acids is 1. The summed E-state index contributed by atoms with van der Waals surface area (Å²) in [7, 11) is 0. The van der Waals surface area contributed by atoms with Crippen molar-refractivity contribution in [3.8, 4) is 0 Å². The third-order valence-corrected chi connectivity index (χ3v) is 3.43. The molecule has 1 aromatic rings. The van der Waals surface area contributed by atoms with Crippen molar-refractivity contribution >= 4 is 17.2 Å². The lowest BCUT2D eigenvalue weighted by molar-refractivity contribution is 0.0137. The minimum absolute atomic E-state index is 0.0455. The van der Waals surface area contributed by atoms with Gasteiger partial charge in [0, 0.05) is 12.6 Å². The summed E-state index contributed by atoms with van der Waals surface area (Å²) in [5.74, 6) is 0.0455. The first-order chi connectivity index (χ1) is 7.25. The summed E-state index contributed by atoms with van der Waals surface area (Å²) in [5, 5.41) is 4.96. The molecule has 2 atom stereocenters. The van der Waals surface area contributed by atoms with Crippen molar-refractivity contribution < 1.29 is 9.53 Å². The van der Waals surface area contributed by atoms with E-state index in [0.717, 1.165) is 24.3 Å². The molecule has 15 heavy (non-hydrogen) atoms. The molecule has 0 spiro atoms. The molecule has 0 radical (unpaired) electrons. The monoisotopic (exact) mass is 225 g/mol. The molecule has 4 heteroatoms. The van der Waals surface area contributed by atoms with Gasteiger partial charge in [-0.05, 0) is 31.2 Å². The highest BCUT2D eigenvalue weighted by molar-refractivity contribution is 7.12. The van der Waals surface area contributed by atoms with Gasteiger partial charge in [0.15, 0.2) is 0 Å². The maximum absolute atomic E-state index is 11.7. The van der Waals surface area contributed by atoms with Crippen LogP contribution in [0.5, 0.6) is 0 Å². The average molecular weight is 225 g/mol. The summed E-state index contributed by atoms with van der Waals surface area (Å²) < 4.78 is 5.43. The number of hydrogen-bond acceptors (Lipinski definition) is 3. The predicted molar refractivity (Wildman–Crippen MR) is 60.2 cm³/mol. The number of rotatable bonds is 2. The zero-order valence-electron chi connectivity index (χ0n) is 8.73. The van der Waals surface area contributed by atoms with Crippen molar-refractivity contribution in [3.63, 3.8) is 0 Å². The summed E-state index contributed by atoms with van der Waals surface area (Å²) in [6.45, 7) is 2.79. The number of carbonyl (C=O) groups is 1. The van der Waals surface area contributed by atoms with E-state index in [-0.39, 0.29) is 18.1 Å². The summed E-state index contributed by atoms with van der Waals surface area (Å²) in [5.41, 5.74) is 0. The Hall–Kier alpha value is -0.870. The molecule has 82 valence electrons. The Balaban J connectivity index is 1.89. The van der Waals surface area contributed by atoms with Gasteiger partial charge in [0.25, 0.3) is 5.91 Å². The number of ether oxygens (including phenoxy) is 1. The molecule has 1 fully saturated rings. The first kappa shape index (κ1) is 10.6. The van der Waals surface area contributed by atoms with Crippen LogP contribution in [0.3, 0.4) is 0 Å². The van der Waals surface area contributed by atoms with Gasteiger partial charge in [0.05, 0.1) is 11.0 Å². The molecular weight excluding hydrogens is 210 g/mol. The molecule has 3 nitrogen and oxygen atoms in total. The zero-order chi connectivity index (χ0) is 10.7. The van der Waals surface area contributed by atoms with Crippen LogP contribution in [0.25, 0.3) is 0 Å².